The number of methoxy groups -OCH3 is 1. The molecule has 2 aromatic rings. The maximum absolute atomic E-state index is 11.6. The lowest BCUT2D eigenvalue weighted by atomic mass is 10.2. The van der Waals surface area contributed by atoms with Crippen LogP contribution in [0.2, 0.25) is 0 Å². The fraction of sp³-hybridized carbons (Fsp3) is 0.286. The summed E-state index contributed by atoms with van der Waals surface area (Å²) in [5, 5.41) is 2.39. The Morgan fingerprint density at radius 3 is 2.90 bits per heavy atom. The minimum atomic E-state index is -0.412. The minimum Gasteiger partial charge on any atom is -0.467 e. The van der Waals surface area contributed by atoms with Crippen molar-refractivity contribution in [2.45, 2.75) is 6.92 Å². The smallest absolute Gasteiger partial charge is 0.357 e. The monoisotopic (exact) mass is 293 g/mol. The number of carbonyl (C=O) groups excluding carboxylic acids is 1. The molecule has 0 amide bonds. The Hall–Kier alpha value is -1.92. The quantitative estimate of drug-likeness (QED) is 0.605. The van der Waals surface area contributed by atoms with E-state index in [1.54, 1.807) is 19.4 Å². The first-order valence-corrected chi connectivity index (χ1v) is 6.98. The van der Waals surface area contributed by atoms with E-state index in [2.05, 4.69) is 4.98 Å². The highest BCUT2D eigenvalue weighted by molar-refractivity contribution is 7.13. The molecule has 0 aliphatic carbocycles. The van der Waals surface area contributed by atoms with Gasteiger partial charge in [-0.1, -0.05) is 12.1 Å². The lowest BCUT2D eigenvalue weighted by Gasteiger charge is -2.08. The number of hydrogen-bond acceptors (Lipinski definition) is 6. The second kappa shape index (κ2) is 7.02. The molecule has 2 rings (SSSR count). The molecule has 0 unspecified atom stereocenters. The number of esters is 1. The third-order valence-corrected chi connectivity index (χ3v) is 3.31. The van der Waals surface area contributed by atoms with Crippen molar-refractivity contribution in [3.8, 4) is 16.3 Å². The highest BCUT2D eigenvalue weighted by atomic mass is 32.1. The van der Waals surface area contributed by atoms with Gasteiger partial charge in [0.1, 0.15) is 10.8 Å². The van der Waals surface area contributed by atoms with Gasteiger partial charge in [-0.25, -0.2) is 9.78 Å². The Morgan fingerprint density at radius 1 is 1.35 bits per heavy atom. The molecular weight excluding hydrogens is 278 g/mol. The van der Waals surface area contributed by atoms with Crippen LogP contribution in [-0.2, 0) is 9.47 Å². The van der Waals surface area contributed by atoms with Gasteiger partial charge in [-0.05, 0) is 19.1 Å². The molecule has 1 heterocycles. The molecule has 0 N–H and O–H groups in total. The predicted molar refractivity (Wildman–Crippen MR) is 76.0 cm³/mol. The highest BCUT2D eigenvalue weighted by Crippen LogP contribution is 2.32. The van der Waals surface area contributed by atoms with Crippen LogP contribution in [0.15, 0.2) is 29.6 Å². The summed E-state index contributed by atoms with van der Waals surface area (Å²) in [6, 6.07) is 7.48. The number of hydrogen-bond donors (Lipinski definition) is 0. The van der Waals surface area contributed by atoms with Crippen molar-refractivity contribution in [2.75, 3.05) is 20.5 Å². The van der Waals surface area contributed by atoms with Gasteiger partial charge in [0.15, 0.2) is 12.5 Å². The van der Waals surface area contributed by atoms with Crippen molar-refractivity contribution < 1.29 is 19.0 Å². The zero-order chi connectivity index (χ0) is 14.4. The van der Waals surface area contributed by atoms with Gasteiger partial charge in [0.25, 0.3) is 0 Å². The number of nitrogens with zero attached hydrogens (tertiary/aromatic N) is 1. The van der Waals surface area contributed by atoms with Gasteiger partial charge in [0.2, 0.25) is 0 Å². The molecule has 1 aromatic carbocycles. The van der Waals surface area contributed by atoms with Gasteiger partial charge in [-0.2, -0.15) is 0 Å². The van der Waals surface area contributed by atoms with E-state index in [9.17, 15) is 4.79 Å². The largest absolute Gasteiger partial charge is 0.467 e. The van der Waals surface area contributed by atoms with E-state index in [0.29, 0.717) is 23.1 Å². The second-order valence-electron chi connectivity index (χ2n) is 3.81. The molecule has 106 valence electrons. The van der Waals surface area contributed by atoms with Crippen LogP contribution in [0.3, 0.4) is 0 Å². The SMILES string of the molecule is CCOC(=O)c1csc(-c2ccccc2OCOC)n1. The molecule has 0 fully saturated rings. The van der Waals surface area contributed by atoms with E-state index in [4.69, 9.17) is 14.2 Å². The van der Waals surface area contributed by atoms with E-state index in [0.717, 1.165) is 5.56 Å². The van der Waals surface area contributed by atoms with Gasteiger partial charge in [-0.15, -0.1) is 11.3 Å². The lowest BCUT2D eigenvalue weighted by Crippen LogP contribution is -2.04. The summed E-state index contributed by atoms with van der Waals surface area (Å²) in [5.74, 6) is 0.254. The Bertz CT molecular complexity index is 582. The first kappa shape index (κ1) is 14.5. The Kier molecular flexibility index (Phi) is 5.09. The van der Waals surface area contributed by atoms with E-state index in [1.165, 1.54) is 11.3 Å². The fourth-order valence-corrected chi connectivity index (χ4v) is 2.41. The van der Waals surface area contributed by atoms with Crippen LogP contribution in [-0.4, -0.2) is 31.5 Å². The van der Waals surface area contributed by atoms with Crippen molar-refractivity contribution in [3.05, 3.63) is 35.3 Å². The number of ether oxygens (including phenoxy) is 3. The van der Waals surface area contributed by atoms with E-state index < -0.39 is 5.97 Å². The van der Waals surface area contributed by atoms with E-state index >= 15 is 0 Å². The van der Waals surface area contributed by atoms with Gasteiger partial charge in [0.05, 0.1) is 12.2 Å². The molecule has 0 saturated heterocycles. The summed E-state index contributed by atoms with van der Waals surface area (Å²) >= 11 is 1.37. The van der Waals surface area contributed by atoms with E-state index in [-0.39, 0.29) is 6.79 Å². The molecule has 20 heavy (non-hydrogen) atoms. The van der Waals surface area contributed by atoms with Crippen LogP contribution in [0.5, 0.6) is 5.75 Å². The molecule has 0 spiro atoms. The predicted octanol–water partition coefficient (Wildman–Crippen LogP) is 2.97. The van der Waals surface area contributed by atoms with Crippen LogP contribution in [0.25, 0.3) is 10.6 Å². The number of carbonyl (C=O) groups is 1. The van der Waals surface area contributed by atoms with Gasteiger partial charge >= 0.3 is 5.97 Å². The molecule has 0 radical (unpaired) electrons. The highest BCUT2D eigenvalue weighted by Gasteiger charge is 2.15. The minimum absolute atomic E-state index is 0.160. The summed E-state index contributed by atoms with van der Waals surface area (Å²) in [6.07, 6.45) is 0. The zero-order valence-corrected chi connectivity index (χ0v) is 12.1. The summed E-state index contributed by atoms with van der Waals surface area (Å²) in [4.78, 5) is 15.9. The number of aromatic nitrogens is 1. The summed E-state index contributed by atoms with van der Waals surface area (Å²) < 4.78 is 15.3. The zero-order valence-electron chi connectivity index (χ0n) is 11.3. The maximum Gasteiger partial charge on any atom is 0.357 e. The third kappa shape index (κ3) is 3.34. The average Bonchev–Trinajstić information content (AvgIpc) is 2.95. The normalized spacial score (nSPS) is 10.3. The summed E-state index contributed by atoms with van der Waals surface area (Å²) in [5.41, 5.74) is 1.14. The molecule has 0 aliphatic heterocycles. The van der Waals surface area contributed by atoms with Crippen LogP contribution in [0.1, 0.15) is 17.4 Å². The number of benzene rings is 1. The van der Waals surface area contributed by atoms with Crippen molar-refractivity contribution >= 4 is 17.3 Å². The Labute approximate surface area is 121 Å². The van der Waals surface area contributed by atoms with Crippen molar-refractivity contribution in [1.82, 2.24) is 4.98 Å². The first-order chi connectivity index (χ1) is 9.76. The summed E-state index contributed by atoms with van der Waals surface area (Å²) in [7, 11) is 1.56. The lowest BCUT2D eigenvalue weighted by molar-refractivity contribution is 0.0511. The van der Waals surface area contributed by atoms with Crippen LogP contribution in [0, 0.1) is 0 Å². The molecule has 5 nitrogen and oxygen atoms in total. The number of rotatable bonds is 6. The fourth-order valence-electron chi connectivity index (χ4n) is 1.59. The first-order valence-electron chi connectivity index (χ1n) is 6.10. The molecule has 0 atom stereocenters. The topological polar surface area (TPSA) is 57.7 Å². The van der Waals surface area contributed by atoms with Crippen LogP contribution in [0.4, 0.5) is 0 Å². The van der Waals surface area contributed by atoms with Crippen LogP contribution < -0.4 is 4.74 Å². The third-order valence-electron chi connectivity index (χ3n) is 2.44. The van der Waals surface area contributed by atoms with Crippen molar-refractivity contribution in [2.24, 2.45) is 0 Å². The standard InChI is InChI=1S/C14H15NO4S/c1-3-18-14(16)11-8-20-13(15-11)10-6-4-5-7-12(10)19-9-17-2/h4-8H,3,9H2,1-2H3. The maximum atomic E-state index is 11.6. The Balaban J connectivity index is 2.25. The van der Waals surface area contributed by atoms with E-state index in [1.807, 2.05) is 24.3 Å². The molecule has 6 heteroatoms. The van der Waals surface area contributed by atoms with Crippen molar-refractivity contribution in [3.63, 3.8) is 0 Å². The molecule has 1 aromatic heterocycles. The summed E-state index contributed by atoms with van der Waals surface area (Å²) in [6.45, 7) is 2.26. The molecule has 0 aliphatic rings. The number of para-hydroxylation sites is 1. The Morgan fingerprint density at radius 2 is 2.15 bits per heavy atom. The second-order valence-corrected chi connectivity index (χ2v) is 4.66. The van der Waals surface area contributed by atoms with Gasteiger partial charge in [0, 0.05) is 12.5 Å². The average molecular weight is 293 g/mol. The van der Waals surface area contributed by atoms with Crippen LogP contribution >= 0.6 is 11.3 Å². The van der Waals surface area contributed by atoms with Gasteiger partial charge in [-0.3, -0.25) is 0 Å². The molecule has 0 bridgehead atoms. The van der Waals surface area contributed by atoms with Crippen molar-refractivity contribution in [1.29, 1.82) is 0 Å². The molecular formula is C14H15NO4S. The molecule has 0 saturated carbocycles. The van der Waals surface area contributed by atoms with Gasteiger partial charge < -0.3 is 14.2 Å². The number of thiazole rings is 1.